The highest BCUT2D eigenvalue weighted by Crippen LogP contribution is 2.34. The number of para-hydroxylation sites is 2. The van der Waals surface area contributed by atoms with Gasteiger partial charge in [-0.1, -0.05) is 12.1 Å². The van der Waals surface area contributed by atoms with Gasteiger partial charge in [0.15, 0.2) is 11.5 Å². The molecular formula is C24H28N4O4. The molecule has 2 N–H and O–H groups in total. The van der Waals surface area contributed by atoms with Crippen LogP contribution in [0.1, 0.15) is 41.9 Å². The summed E-state index contributed by atoms with van der Waals surface area (Å²) in [6, 6.07) is 11.0. The van der Waals surface area contributed by atoms with Gasteiger partial charge in [-0.2, -0.15) is 0 Å². The van der Waals surface area contributed by atoms with Crippen LogP contribution in [0.5, 0.6) is 11.5 Å². The van der Waals surface area contributed by atoms with Crippen LogP contribution in [0.4, 0.5) is 5.69 Å². The van der Waals surface area contributed by atoms with E-state index in [1.807, 2.05) is 29.2 Å². The van der Waals surface area contributed by atoms with E-state index >= 15 is 0 Å². The third kappa shape index (κ3) is 4.69. The summed E-state index contributed by atoms with van der Waals surface area (Å²) in [5, 5.41) is 2.90. The maximum atomic E-state index is 13.2. The van der Waals surface area contributed by atoms with Crippen molar-refractivity contribution in [3.8, 4) is 11.5 Å². The van der Waals surface area contributed by atoms with Crippen LogP contribution in [-0.4, -0.2) is 54.0 Å². The number of imidazole rings is 1. The van der Waals surface area contributed by atoms with Crippen molar-refractivity contribution < 1.29 is 19.1 Å². The molecule has 0 radical (unpaired) electrons. The van der Waals surface area contributed by atoms with E-state index in [4.69, 9.17) is 9.47 Å². The summed E-state index contributed by atoms with van der Waals surface area (Å²) in [7, 11) is 3.05. The average Bonchev–Trinajstić information content (AvgIpc) is 3.25. The van der Waals surface area contributed by atoms with Crippen LogP contribution < -0.4 is 14.8 Å². The summed E-state index contributed by atoms with van der Waals surface area (Å²) in [6.07, 6.45) is 3.78. The highest BCUT2D eigenvalue weighted by Gasteiger charge is 2.24. The zero-order chi connectivity index (χ0) is 22.5. The number of anilines is 1. The van der Waals surface area contributed by atoms with Gasteiger partial charge in [-0.05, 0) is 37.5 Å². The summed E-state index contributed by atoms with van der Waals surface area (Å²) >= 11 is 0. The molecule has 0 atom stereocenters. The number of nitrogens with one attached hydrogen (secondary N) is 2. The largest absolute Gasteiger partial charge is 0.493 e. The molecule has 2 heterocycles. The normalized spacial score (nSPS) is 13.8. The Balaban J connectivity index is 1.52. The molecule has 0 bridgehead atoms. The Bertz CT molecular complexity index is 1090. The number of methoxy groups -OCH3 is 2. The first kappa shape index (κ1) is 21.7. The van der Waals surface area contributed by atoms with Crippen molar-refractivity contribution in [1.82, 2.24) is 14.9 Å². The fraction of sp³-hybridized carbons (Fsp3) is 0.375. The smallest absolute Gasteiger partial charge is 0.256 e. The standard InChI is InChI=1S/C24H28N4O4/c1-31-20-14-16(24(30)28-12-6-3-7-13-28)19(15-21(20)32-2)27-23(29)11-10-22-25-17-8-4-5-9-18(17)26-22/h4-5,8-9,14-15H,3,6-7,10-13H2,1-2H3,(H,25,26)(H,27,29). The van der Waals surface area contributed by atoms with Gasteiger partial charge in [0.05, 0.1) is 36.5 Å². The first-order chi connectivity index (χ1) is 15.6. The molecule has 8 heteroatoms. The van der Waals surface area contributed by atoms with Crippen LogP contribution in [0, 0.1) is 0 Å². The minimum atomic E-state index is -0.203. The van der Waals surface area contributed by atoms with Crippen LogP contribution in [0.25, 0.3) is 11.0 Å². The molecule has 32 heavy (non-hydrogen) atoms. The van der Waals surface area contributed by atoms with Crippen LogP contribution in [-0.2, 0) is 11.2 Å². The number of ether oxygens (including phenoxy) is 2. The number of carbonyl (C=O) groups is 2. The van der Waals surface area contributed by atoms with Gasteiger partial charge in [0.25, 0.3) is 5.91 Å². The van der Waals surface area contributed by atoms with Gasteiger partial charge >= 0.3 is 0 Å². The van der Waals surface area contributed by atoms with Gasteiger partial charge in [0.2, 0.25) is 5.91 Å². The van der Waals surface area contributed by atoms with Gasteiger partial charge in [0, 0.05) is 32.0 Å². The number of hydrogen-bond acceptors (Lipinski definition) is 5. The lowest BCUT2D eigenvalue weighted by Gasteiger charge is -2.28. The quantitative estimate of drug-likeness (QED) is 0.588. The van der Waals surface area contributed by atoms with Crippen LogP contribution >= 0.6 is 0 Å². The minimum Gasteiger partial charge on any atom is -0.493 e. The Morgan fingerprint density at radius 2 is 1.78 bits per heavy atom. The lowest BCUT2D eigenvalue weighted by atomic mass is 10.1. The van der Waals surface area contributed by atoms with Crippen LogP contribution in [0.3, 0.4) is 0 Å². The third-order valence-corrected chi connectivity index (χ3v) is 5.70. The predicted octanol–water partition coefficient (Wildman–Crippen LogP) is 3.78. The highest BCUT2D eigenvalue weighted by molar-refractivity contribution is 6.04. The second-order valence-electron chi connectivity index (χ2n) is 7.85. The minimum absolute atomic E-state index is 0.113. The molecule has 1 aliphatic heterocycles. The van der Waals surface area contributed by atoms with Gasteiger partial charge in [-0.25, -0.2) is 4.98 Å². The fourth-order valence-electron chi connectivity index (χ4n) is 4.00. The van der Waals surface area contributed by atoms with Crippen molar-refractivity contribution in [2.75, 3.05) is 32.6 Å². The third-order valence-electron chi connectivity index (χ3n) is 5.70. The van der Waals surface area contributed by atoms with E-state index in [1.165, 1.54) is 14.2 Å². The maximum Gasteiger partial charge on any atom is 0.256 e. The number of aryl methyl sites for hydroxylation is 1. The Morgan fingerprint density at radius 1 is 1.06 bits per heavy atom. The van der Waals surface area contributed by atoms with Crippen LogP contribution in [0.15, 0.2) is 36.4 Å². The van der Waals surface area contributed by atoms with Gasteiger partial charge in [-0.15, -0.1) is 0 Å². The Labute approximate surface area is 186 Å². The topological polar surface area (TPSA) is 96.5 Å². The lowest BCUT2D eigenvalue weighted by Crippen LogP contribution is -2.36. The molecular weight excluding hydrogens is 408 g/mol. The summed E-state index contributed by atoms with van der Waals surface area (Å²) < 4.78 is 10.8. The SMILES string of the molecule is COc1cc(NC(=O)CCc2nc3ccccc3[nH]2)c(C(=O)N2CCCCC2)cc1OC. The number of fused-ring (bicyclic) bond motifs is 1. The molecule has 3 aromatic rings. The van der Waals surface area contributed by atoms with E-state index < -0.39 is 0 Å². The molecule has 0 unspecified atom stereocenters. The molecule has 1 fully saturated rings. The molecule has 1 aromatic heterocycles. The zero-order valence-electron chi connectivity index (χ0n) is 18.4. The number of aromatic amines is 1. The molecule has 168 valence electrons. The summed E-state index contributed by atoms with van der Waals surface area (Å²) in [5.74, 6) is 1.34. The maximum absolute atomic E-state index is 13.2. The first-order valence-electron chi connectivity index (χ1n) is 10.9. The monoisotopic (exact) mass is 436 g/mol. The molecule has 4 rings (SSSR count). The van der Waals surface area contributed by atoms with Crippen molar-refractivity contribution >= 4 is 28.5 Å². The number of nitrogens with zero attached hydrogens (tertiary/aromatic N) is 2. The van der Waals surface area contributed by atoms with E-state index in [0.29, 0.717) is 42.3 Å². The molecule has 8 nitrogen and oxygen atoms in total. The van der Waals surface area contributed by atoms with E-state index in [2.05, 4.69) is 15.3 Å². The van der Waals surface area contributed by atoms with Crippen molar-refractivity contribution in [1.29, 1.82) is 0 Å². The van der Waals surface area contributed by atoms with Gasteiger partial charge in [0.1, 0.15) is 5.82 Å². The summed E-state index contributed by atoms with van der Waals surface area (Å²) in [4.78, 5) is 35.5. The van der Waals surface area contributed by atoms with Gasteiger partial charge in [-0.3, -0.25) is 9.59 Å². The molecule has 2 aromatic carbocycles. The number of rotatable bonds is 7. The predicted molar refractivity (Wildman–Crippen MR) is 122 cm³/mol. The number of likely N-dealkylation sites (tertiary alicyclic amines) is 1. The van der Waals surface area contributed by atoms with Crippen molar-refractivity contribution in [3.63, 3.8) is 0 Å². The Kier molecular flexibility index (Phi) is 6.58. The van der Waals surface area contributed by atoms with E-state index in [1.54, 1.807) is 12.1 Å². The number of H-pyrrole nitrogens is 1. The molecule has 1 saturated heterocycles. The molecule has 0 spiro atoms. The molecule has 0 aliphatic carbocycles. The number of carbonyl (C=O) groups excluding carboxylic acids is 2. The number of aromatic nitrogens is 2. The number of piperidine rings is 1. The van der Waals surface area contributed by atoms with Crippen molar-refractivity contribution in [2.24, 2.45) is 0 Å². The Morgan fingerprint density at radius 3 is 2.50 bits per heavy atom. The lowest BCUT2D eigenvalue weighted by molar-refractivity contribution is -0.116. The fourth-order valence-corrected chi connectivity index (χ4v) is 4.00. The van der Waals surface area contributed by atoms with E-state index in [0.717, 1.165) is 36.1 Å². The summed E-state index contributed by atoms with van der Waals surface area (Å²) in [6.45, 7) is 1.43. The summed E-state index contributed by atoms with van der Waals surface area (Å²) in [5.41, 5.74) is 2.64. The highest BCUT2D eigenvalue weighted by atomic mass is 16.5. The number of amides is 2. The average molecular weight is 437 g/mol. The Hall–Kier alpha value is -3.55. The van der Waals surface area contributed by atoms with E-state index in [-0.39, 0.29) is 18.2 Å². The van der Waals surface area contributed by atoms with Gasteiger partial charge < -0.3 is 24.7 Å². The van der Waals surface area contributed by atoms with Crippen molar-refractivity contribution in [2.45, 2.75) is 32.1 Å². The van der Waals surface area contributed by atoms with Crippen molar-refractivity contribution in [3.05, 3.63) is 47.8 Å². The van der Waals surface area contributed by atoms with E-state index in [9.17, 15) is 9.59 Å². The van der Waals surface area contributed by atoms with Crippen LogP contribution in [0.2, 0.25) is 0 Å². The zero-order valence-corrected chi connectivity index (χ0v) is 18.4. The molecule has 0 saturated carbocycles. The second kappa shape index (κ2) is 9.72. The number of hydrogen-bond donors (Lipinski definition) is 2. The first-order valence-corrected chi connectivity index (χ1v) is 10.9. The molecule has 2 amide bonds. The number of benzene rings is 2. The second-order valence-corrected chi connectivity index (χ2v) is 7.85. The molecule has 1 aliphatic rings.